The number of hydrogen-bond donors (Lipinski definition) is 1. The monoisotopic (exact) mass is 621 g/mol. The van der Waals surface area contributed by atoms with Crippen LogP contribution in [-0.2, 0) is 16.0 Å². The van der Waals surface area contributed by atoms with Crippen LogP contribution in [-0.4, -0.2) is 85.8 Å². The number of fused-ring (bicyclic) bond motifs is 2. The average Bonchev–Trinajstić information content (AvgIpc) is 3.44. The summed E-state index contributed by atoms with van der Waals surface area (Å²) < 4.78 is 28.9. The van der Waals surface area contributed by atoms with Crippen LogP contribution in [0, 0.1) is 19.7 Å². The highest BCUT2D eigenvalue weighted by Gasteiger charge is 2.35. The van der Waals surface area contributed by atoms with Gasteiger partial charge in [0.25, 0.3) is 5.91 Å². The van der Waals surface area contributed by atoms with Crippen molar-refractivity contribution >= 4 is 17.5 Å². The number of benzene rings is 1. The number of likely N-dealkylation sites (tertiary alicyclic amines) is 2. The van der Waals surface area contributed by atoms with Gasteiger partial charge in [-0.3, -0.25) is 4.79 Å². The second-order valence-corrected chi connectivity index (χ2v) is 13.6. The van der Waals surface area contributed by atoms with Crippen molar-refractivity contribution in [2.24, 2.45) is 0 Å². The van der Waals surface area contributed by atoms with Crippen molar-refractivity contribution in [3.8, 4) is 17.0 Å². The highest BCUT2D eigenvalue weighted by molar-refractivity contribution is 5.94. The Morgan fingerprint density at radius 1 is 1.07 bits per heavy atom. The summed E-state index contributed by atoms with van der Waals surface area (Å²) >= 11 is 0. The van der Waals surface area contributed by atoms with Crippen molar-refractivity contribution in [2.45, 2.75) is 97.3 Å². The summed E-state index contributed by atoms with van der Waals surface area (Å²) in [4.78, 5) is 35.7. The number of carboxylic acids is 1. The highest BCUT2D eigenvalue weighted by Crippen LogP contribution is 2.41. The van der Waals surface area contributed by atoms with Crippen molar-refractivity contribution in [1.29, 1.82) is 0 Å². The number of rotatable bonds is 6. The number of amides is 1. The quantitative estimate of drug-likeness (QED) is 0.384. The smallest absolute Gasteiger partial charge is 0.337 e. The number of hydrogen-bond acceptors (Lipinski definition) is 7. The van der Waals surface area contributed by atoms with E-state index in [1.807, 2.05) is 11.8 Å². The number of carbonyl (C=O) groups is 2. The first kappa shape index (κ1) is 31.4. The molecule has 0 unspecified atom stereocenters. The van der Waals surface area contributed by atoms with Gasteiger partial charge in [-0.25, -0.2) is 18.7 Å². The molecule has 3 aliphatic heterocycles. The molecule has 3 aromatic rings. The van der Waals surface area contributed by atoms with Gasteiger partial charge in [0.2, 0.25) is 0 Å². The molecule has 2 aromatic heterocycles. The first-order valence-electron chi connectivity index (χ1n) is 16.2. The lowest BCUT2D eigenvalue weighted by molar-refractivity contribution is -0.160. The number of ether oxygens (including phenoxy) is 2. The van der Waals surface area contributed by atoms with Gasteiger partial charge in [0.05, 0.1) is 17.9 Å². The molecule has 3 aliphatic rings. The summed E-state index contributed by atoms with van der Waals surface area (Å²) in [5.41, 5.74) is 2.80. The molecule has 0 spiro atoms. The van der Waals surface area contributed by atoms with Crippen LogP contribution < -0.4 is 4.74 Å². The number of nitrogens with zero attached hydrogens (tertiary/aromatic N) is 5. The minimum absolute atomic E-state index is 0.190. The van der Waals surface area contributed by atoms with Crippen LogP contribution in [0.25, 0.3) is 16.9 Å². The number of aryl methyl sites for hydroxylation is 1. The summed E-state index contributed by atoms with van der Waals surface area (Å²) in [6, 6.07) is 3.52. The Hall–Kier alpha value is -3.57. The molecule has 242 valence electrons. The molecule has 1 aromatic carbocycles. The maximum atomic E-state index is 15.6. The average molecular weight is 622 g/mol. The largest absolute Gasteiger partial charge is 0.490 e. The van der Waals surface area contributed by atoms with Gasteiger partial charge < -0.3 is 24.4 Å². The van der Waals surface area contributed by atoms with Crippen LogP contribution >= 0.6 is 0 Å². The molecule has 2 saturated heterocycles. The second-order valence-electron chi connectivity index (χ2n) is 13.6. The van der Waals surface area contributed by atoms with E-state index >= 15 is 4.39 Å². The second kappa shape index (κ2) is 12.3. The third-order valence-electron chi connectivity index (χ3n) is 9.36. The number of carbonyl (C=O) groups excluding carboxylic acids is 1. The van der Waals surface area contributed by atoms with Crippen LogP contribution in [0.3, 0.4) is 0 Å². The predicted octanol–water partition coefficient (Wildman–Crippen LogP) is 5.51. The normalized spacial score (nSPS) is 18.9. The molecule has 6 rings (SSSR count). The maximum absolute atomic E-state index is 15.6. The Bertz CT molecular complexity index is 1620. The summed E-state index contributed by atoms with van der Waals surface area (Å²) in [6.45, 7) is 12.9. The molecule has 1 N–H and O–H groups in total. The zero-order valence-electron chi connectivity index (χ0n) is 27.0. The minimum Gasteiger partial charge on any atom is -0.490 e. The van der Waals surface area contributed by atoms with Gasteiger partial charge in [0.15, 0.2) is 29.0 Å². The molecule has 5 heterocycles. The Morgan fingerprint density at radius 3 is 2.44 bits per heavy atom. The van der Waals surface area contributed by atoms with Crippen molar-refractivity contribution in [1.82, 2.24) is 24.4 Å². The molecule has 0 radical (unpaired) electrons. The molecule has 0 aliphatic carbocycles. The van der Waals surface area contributed by atoms with Gasteiger partial charge in [0.1, 0.15) is 0 Å². The fraction of sp³-hybridized carbons (Fsp3) is 0.588. The fourth-order valence-corrected chi connectivity index (χ4v) is 7.18. The van der Waals surface area contributed by atoms with E-state index in [4.69, 9.17) is 19.6 Å². The molecule has 1 amide bonds. The molecule has 1 atom stereocenters. The van der Waals surface area contributed by atoms with Crippen LogP contribution in [0.4, 0.5) is 4.39 Å². The van der Waals surface area contributed by atoms with E-state index in [1.165, 1.54) is 29.8 Å². The summed E-state index contributed by atoms with van der Waals surface area (Å²) in [7, 11) is 0. The number of halogens is 1. The molecular formula is C34H44FN5O5. The zero-order chi connectivity index (χ0) is 32.0. The van der Waals surface area contributed by atoms with Crippen LogP contribution in [0.1, 0.15) is 98.3 Å². The SMILES string of the molecule is Cc1nc2cc(C(=O)N3CCC(N4CCCCC4)CC3)nn2c(-c2cc(F)c3c(c2C)CCCO3)c1[C@H](OC(C)(C)C)C(=O)O. The van der Waals surface area contributed by atoms with Crippen LogP contribution in [0.5, 0.6) is 5.75 Å². The van der Waals surface area contributed by atoms with E-state index in [0.717, 1.165) is 43.5 Å². The van der Waals surface area contributed by atoms with Crippen molar-refractivity contribution < 1.29 is 28.6 Å². The van der Waals surface area contributed by atoms with Gasteiger partial charge >= 0.3 is 5.97 Å². The highest BCUT2D eigenvalue weighted by atomic mass is 19.1. The molecule has 11 heteroatoms. The number of aliphatic carboxylic acids is 1. The molecule has 45 heavy (non-hydrogen) atoms. The van der Waals surface area contributed by atoms with E-state index in [1.54, 1.807) is 33.8 Å². The Balaban J connectivity index is 1.45. The third-order valence-corrected chi connectivity index (χ3v) is 9.36. The summed E-state index contributed by atoms with van der Waals surface area (Å²) in [5.74, 6) is -1.68. The van der Waals surface area contributed by atoms with E-state index < -0.39 is 23.5 Å². The maximum Gasteiger partial charge on any atom is 0.337 e. The number of piperidine rings is 2. The van der Waals surface area contributed by atoms with E-state index in [9.17, 15) is 14.7 Å². The standard InChI is InChI=1S/C34H44FN5O5/c1-20-23-10-9-17-44-30(23)25(35)18-24(20)29-28(31(33(42)43)45-34(3,4)5)21(2)36-27-19-26(37-40(27)29)32(41)39-15-11-22(12-16-39)38-13-7-6-8-14-38/h18-19,22,31H,6-17H2,1-5H3,(H,42,43)/t31-/m0/s1. The zero-order valence-corrected chi connectivity index (χ0v) is 27.0. The number of aromatic nitrogens is 3. The lowest BCUT2D eigenvalue weighted by Crippen LogP contribution is -2.48. The van der Waals surface area contributed by atoms with Crippen molar-refractivity contribution in [2.75, 3.05) is 32.8 Å². The summed E-state index contributed by atoms with van der Waals surface area (Å²) in [5, 5.41) is 15.2. The lowest BCUT2D eigenvalue weighted by atomic mass is 9.91. The molecular weight excluding hydrogens is 577 g/mol. The first-order valence-corrected chi connectivity index (χ1v) is 16.2. The molecule has 10 nitrogen and oxygen atoms in total. The topological polar surface area (TPSA) is 110 Å². The Kier molecular flexibility index (Phi) is 8.60. The Morgan fingerprint density at radius 2 is 1.78 bits per heavy atom. The lowest BCUT2D eigenvalue weighted by Gasteiger charge is -2.40. The van der Waals surface area contributed by atoms with Gasteiger partial charge in [-0.2, -0.15) is 5.10 Å². The third kappa shape index (κ3) is 6.16. The first-order chi connectivity index (χ1) is 21.4. The van der Waals surface area contributed by atoms with Gasteiger partial charge in [-0.15, -0.1) is 0 Å². The Labute approximate surface area is 263 Å². The fourth-order valence-electron chi connectivity index (χ4n) is 7.18. The summed E-state index contributed by atoms with van der Waals surface area (Å²) in [6.07, 6.45) is 5.57. The predicted molar refractivity (Wildman–Crippen MR) is 167 cm³/mol. The molecule has 2 fully saturated rings. The van der Waals surface area contributed by atoms with Crippen molar-refractivity contribution in [3.05, 3.63) is 46.0 Å². The molecule has 0 bridgehead atoms. The van der Waals surface area contributed by atoms with Gasteiger partial charge in [-0.1, -0.05) is 6.42 Å². The van der Waals surface area contributed by atoms with Crippen LogP contribution in [0.2, 0.25) is 0 Å². The van der Waals surface area contributed by atoms with E-state index in [-0.39, 0.29) is 22.9 Å². The van der Waals surface area contributed by atoms with Crippen LogP contribution in [0.15, 0.2) is 12.1 Å². The van der Waals surface area contributed by atoms with E-state index in [0.29, 0.717) is 54.8 Å². The number of carboxylic acid groups (broad SMARTS) is 1. The van der Waals surface area contributed by atoms with Gasteiger partial charge in [0, 0.05) is 47.6 Å². The minimum atomic E-state index is -1.41. The van der Waals surface area contributed by atoms with E-state index in [2.05, 4.69) is 4.90 Å². The van der Waals surface area contributed by atoms with Gasteiger partial charge in [-0.05, 0) is 97.9 Å². The molecule has 0 saturated carbocycles. The van der Waals surface area contributed by atoms with Crippen molar-refractivity contribution in [3.63, 3.8) is 0 Å².